The number of carbonyl (C=O) groups is 1. The van der Waals surface area contributed by atoms with Gasteiger partial charge in [-0.15, -0.1) is 0 Å². The smallest absolute Gasteiger partial charge is 0.239 e. The van der Waals surface area contributed by atoms with Crippen LogP contribution in [0.3, 0.4) is 0 Å². The Bertz CT molecular complexity index is 674. The van der Waals surface area contributed by atoms with E-state index in [-0.39, 0.29) is 23.5 Å². The molecule has 7 heteroatoms. The van der Waals surface area contributed by atoms with E-state index in [4.69, 9.17) is 23.2 Å². The Morgan fingerprint density at radius 1 is 1.30 bits per heavy atom. The second-order valence-electron chi connectivity index (χ2n) is 5.19. The second-order valence-corrected chi connectivity index (χ2v) is 8.05. The second kappa shape index (κ2) is 4.90. The zero-order valence-corrected chi connectivity index (χ0v) is 12.9. The first-order chi connectivity index (χ1) is 9.40. The summed E-state index contributed by atoms with van der Waals surface area (Å²) in [6.45, 7) is 0.304. The maximum Gasteiger partial charge on any atom is 0.239 e. The minimum absolute atomic E-state index is 0.00284. The number of carbonyl (C=O) groups excluding carboxylic acids is 1. The number of hydrogen-bond donors (Lipinski definition) is 0. The van der Waals surface area contributed by atoms with Crippen molar-refractivity contribution in [3.8, 4) is 0 Å². The summed E-state index contributed by atoms with van der Waals surface area (Å²) in [6, 6.07) is 5.18. The molecule has 1 amide bonds. The van der Waals surface area contributed by atoms with Gasteiger partial charge in [0.2, 0.25) is 15.9 Å². The third-order valence-electron chi connectivity index (χ3n) is 3.81. The number of amides is 1. The first-order valence-electron chi connectivity index (χ1n) is 6.39. The number of benzene rings is 1. The van der Waals surface area contributed by atoms with Crippen LogP contribution in [0.25, 0.3) is 0 Å². The minimum atomic E-state index is -3.38. The van der Waals surface area contributed by atoms with Gasteiger partial charge in [0.1, 0.15) is 0 Å². The summed E-state index contributed by atoms with van der Waals surface area (Å²) in [4.78, 5) is 12.3. The van der Waals surface area contributed by atoms with Crippen LogP contribution >= 0.6 is 23.2 Å². The van der Waals surface area contributed by atoms with Gasteiger partial charge in [-0.3, -0.25) is 4.79 Å². The molecule has 20 heavy (non-hydrogen) atoms. The summed E-state index contributed by atoms with van der Waals surface area (Å²) in [7, 11) is -3.38. The van der Waals surface area contributed by atoms with Gasteiger partial charge in [0.05, 0.1) is 5.75 Å². The summed E-state index contributed by atoms with van der Waals surface area (Å²) >= 11 is 12.0. The van der Waals surface area contributed by atoms with Crippen LogP contribution in [0.2, 0.25) is 10.0 Å². The van der Waals surface area contributed by atoms with Gasteiger partial charge in [-0.25, -0.2) is 12.7 Å². The number of rotatable bonds is 2. The van der Waals surface area contributed by atoms with Crippen LogP contribution < -0.4 is 0 Å². The summed E-state index contributed by atoms with van der Waals surface area (Å²) in [5.41, 5.74) is 0.867. The molecule has 0 spiro atoms. The van der Waals surface area contributed by atoms with Crippen molar-refractivity contribution in [2.24, 2.45) is 5.92 Å². The lowest BCUT2D eigenvalue weighted by Gasteiger charge is -2.14. The molecule has 1 aromatic rings. The van der Waals surface area contributed by atoms with E-state index in [0.29, 0.717) is 29.4 Å². The molecule has 3 rings (SSSR count). The molecule has 2 fully saturated rings. The highest BCUT2D eigenvalue weighted by Crippen LogP contribution is 2.51. The maximum absolute atomic E-state index is 12.3. The maximum atomic E-state index is 12.3. The van der Waals surface area contributed by atoms with Gasteiger partial charge in [0.25, 0.3) is 0 Å². The molecular weight excluding hydrogens is 321 g/mol. The van der Waals surface area contributed by atoms with Crippen molar-refractivity contribution in [1.29, 1.82) is 0 Å². The van der Waals surface area contributed by atoms with Crippen LogP contribution in [0.4, 0.5) is 0 Å². The molecule has 1 saturated carbocycles. The standard InChI is InChI=1S/C13H13Cl2NO3S/c14-8-2-3-9(12(15)6-8)10-7-11(10)13(17)16-4-1-5-20(16,18)19/h2-3,6,10-11H,1,4-5,7H2/t10-,11-/m1/s1. The Morgan fingerprint density at radius 2 is 2.05 bits per heavy atom. The largest absolute Gasteiger partial charge is 0.273 e. The molecular formula is C13H13Cl2NO3S. The SMILES string of the molecule is O=C([C@@H]1C[C@@H]1c1ccc(Cl)cc1Cl)N1CCCS1(=O)=O. The summed E-state index contributed by atoms with van der Waals surface area (Å²) in [5, 5.41) is 1.08. The van der Waals surface area contributed by atoms with Crippen molar-refractivity contribution >= 4 is 39.1 Å². The van der Waals surface area contributed by atoms with Crippen LogP contribution in [-0.4, -0.2) is 30.9 Å². The Balaban J connectivity index is 1.77. The van der Waals surface area contributed by atoms with Crippen LogP contribution in [0.15, 0.2) is 18.2 Å². The average molecular weight is 334 g/mol. The van der Waals surface area contributed by atoms with Gasteiger partial charge in [0, 0.05) is 22.5 Å². The predicted molar refractivity (Wildman–Crippen MR) is 77.4 cm³/mol. The summed E-state index contributed by atoms with van der Waals surface area (Å²) in [6.07, 6.45) is 1.17. The molecule has 0 bridgehead atoms. The van der Waals surface area contributed by atoms with E-state index in [1.165, 1.54) is 0 Å². The quantitative estimate of drug-likeness (QED) is 0.836. The lowest BCUT2D eigenvalue weighted by atomic mass is 10.1. The molecule has 1 aliphatic heterocycles. The van der Waals surface area contributed by atoms with Crippen LogP contribution in [0.1, 0.15) is 24.3 Å². The third-order valence-corrected chi connectivity index (χ3v) is 6.22. The first-order valence-corrected chi connectivity index (χ1v) is 8.76. The monoisotopic (exact) mass is 333 g/mol. The van der Waals surface area contributed by atoms with Gasteiger partial charge in [-0.1, -0.05) is 29.3 Å². The van der Waals surface area contributed by atoms with E-state index in [0.717, 1.165) is 9.87 Å². The molecule has 0 N–H and O–H groups in total. The number of halogens is 2. The van der Waals surface area contributed by atoms with Gasteiger partial charge in [-0.2, -0.15) is 0 Å². The molecule has 0 unspecified atom stereocenters. The predicted octanol–water partition coefficient (Wildman–Crippen LogP) is 2.66. The number of sulfonamides is 1. The van der Waals surface area contributed by atoms with Crippen molar-refractivity contribution in [3.63, 3.8) is 0 Å². The van der Waals surface area contributed by atoms with Crippen molar-refractivity contribution in [1.82, 2.24) is 4.31 Å². The molecule has 2 atom stereocenters. The molecule has 1 aliphatic carbocycles. The van der Waals surface area contributed by atoms with Crippen LogP contribution in [0.5, 0.6) is 0 Å². The number of hydrogen-bond acceptors (Lipinski definition) is 3. The van der Waals surface area contributed by atoms with E-state index >= 15 is 0 Å². The van der Waals surface area contributed by atoms with E-state index in [2.05, 4.69) is 0 Å². The Hall–Kier alpha value is -0.780. The van der Waals surface area contributed by atoms with Crippen molar-refractivity contribution < 1.29 is 13.2 Å². The molecule has 108 valence electrons. The van der Waals surface area contributed by atoms with Crippen LogP contribution in [0, 0.1) is 5.92 Å². The van der Waals surface area contributed by atoms with Gasteiger partial charge in [0.15, 0.2) is 0 Å². The molecule has 1 aromatic carbocycles. The molecule has 1 heterocycles. The van der Waals surface area contributed by atoms with E-state index in [1.807, 2.05) is 0 Å². The third kappa shape index (κ3) is 2.43. The van der Waals surface area contributed by atoms with Crippen molar-refractivity contribution in [2.75, 3.05) is 12.3 Å². The lowest BCUT2D eigenvalue weighted by molar-refractivity contribution is -0.127. The highest BCUT2D eigenvalue weighted by molar-refractivity contribution is 7.89. The van der Waals surface area contributed by atoms with E-state index in [9.17, 15) is 13.2 Å². The number of nitrogens with zero attached hydrogens (tertiary/aromatic N) is 1. The van der Waals surface area contributed by atoms with Crippen LogP contribution in [-0.2, 0) is 14.8 Å². The topological polar surface area (TPSA) is 54.5 Å². The van der Waals surface area contributed by atoms with Gasteiger partial charge >= 0.3 is 0 Å². The Kier molecular flexibility index (Phi) is 3.47. The van der Waals surface area contributed by atoms with E-state index in [1.54, 1.807) is 18.2 Å². The van der Waals surface area contributed by atoms with E-state index < -0.39 is 10.0 Å². The minimum Gasteiger partial charge on any atom is -0.273 e. The fourth-order valence-corrected chi connectivity index (χ4v) is 4.77. The highest BCUT2D eigenvalue weighted by atomic mass is 35.5. The molecule has 0 aromatic heterocycles. The van der Waals surface area contributed by atoms with Crippen molar-refractivity contribution in [3.05, 3.63) is 33.8 Å². The molecule has 2 aliphatic rings. The summed E-state index contributed by atoms with van der Waals surface area (Å²) < 4.78 is 24.5. The Labute approximate surface area is 127 Å². The zero-order chi connectivity index (χ0) is 14.5. The highest BCUT2D eigenvalue weighted by Gasteiger charge is 2.49. The molecule has 0 radical (unpaired) electrons. The van der Waals surface area contributed by atoms with Gasteiger partial charge < -0.3 is 0 Å². The van der Waals surface area contributed by atoms with Gasteiger partial charge in [-0.05, 0) is 36.5 Å². The average Bonchev–Trinajstić information content (AvgIpc) is 3.06. The lowest BCUT2D eigenvalue weighted by Crippen LogP contribution is -2.34. The Morgan fingerprint density at radius 3 is 2.65 bits per heavy atom. The molecule has 1 saturated heterocycles. The fourth-order valence-electron chi connectivity index (χ4n) is 2.69. The summed E-state index contributed by atoms with van der Waals surface area (Å²) in [5.74, 6) is -0.499. The van der Waals surface area contributed by atoms with Crippen molar-refractivity contribution in [2.45, 2.75) is 18.8 Å². The first kappa shape index (κ1) is 14.2. The normalized spacial score (nSPS) is 27.6. The zero-order valence-electron chi connectivity index (χ0n) is 10.6. The molecule has 4 nitrogen and oxygen atoms in total. The fraction of sp³-hybridized carbons (Fsp3) is 0.462.